The summed E-state index contributed by atoms with van der Waals surface area (Å²) in [6.45, 7) is 5.98. The van der Waals surface area contributed by atoms with Gasteiger partial charge in [-0.2, -0.15) is 18.2 Å². The number of urea groups is 1. The first-order valence-electron chi connectivity index (χ1n) is 18.1. The van der Waals surface area contributed by atoms with Crippen molar-refractivity contribution in [1.29, 1.82) is 0 Å². The van der Waals surface area contributed by atoms with E-state index in [9.17, 15) is 36.0 Å². The molecule has 3 aromatic rings. The normalized spacial score (nSPS) is 25.7. The topological polar surface area (TPSA) is 164 Å². The van der Waals surface area contributed by atoms with E-state index >= 15 is 0 Å². The first kappa shape index (κ1) is 39.1. The Hall–Kier alpha value is -4.10. The highest BCUT2D eigenvalue weighted by Gasteiger charge is 2.63. The van der Waals surface area contributed by atoms with Gasteiger partial charge in [0, 0.05) is 65.7 Å². The van der Waals surface area contributed by atoms with Crippen LogP contribution in [0.4, 0.5) is 18.0 Å². The monoisotopic (exact) mass is 821 g/mol. The molecule has 3 aromatic heterocycles. The van der Waals surface area contributed by atoms with E-state index in [0.717, 1.165) is 38.5 Å². The van der Waals surface area contributed by atoms with Crippen LogP contribution in [0, 0.1) is 19.8 Å². The van der Waals surface area contributed by atoms with Crippen LogP contribution in [-0.2, 0) is 25.8 Å². The molecule has 4 atom stereocenters. The number of aromatic nitrogens is 3. The maximum absolute atomic E-state index is 14.3. The lowest BCUT2D eigenvalue weighted by atomic mass is 9.97. The summed E-state index contributed by atoms with van der Waals surface area (Å²) in [6.07, 6.45) is 1.91. The fourth-order valence-corrected chi connectivity index (χ4v) is 10.1. The van der Waals surface area contributed by atoms with Crippen LogP contribution in [0.3, 0.4) is 0 Å². The minimum absolute atomic E-state index is 0.0132. The predicted molar refractivity (Wildman–Crippen MR) is 200 cm³/mol. The third-order valence-electron chi connectivity index (χ3n) is 10.8. The molecule has 0 unspecified atom stereocenters. The van der Waals surface area contributed by atoms with Gasteiger partial charge in [0.25, 0.3) is 5.91 Å². The fourth-order valence-electron chi connectivity index (χ4n) is 7.05. The molecule has 3 fully saturated rings. The molecule has 4 amide bonds. The van der Waals surface area contributed by atoms with Crippen molar-refractivity contribution in [2.75, 3.05) is 20.1 Å². The minimum Gasteiger partial charge on any atom is -0.474 e. The number of hydrogen-bond acceptors (Lipinski definition) is 11. The molecule has 0 spiro atoms. The van der Waals surface area contributed by atoms with E-state index in [1.54, 1.807) is 24.9 Å². The Kier molecular flexibility index (Phi) is 10.3. The zero-order chi connectivity index (χ0) is 39.5. The van der Waals surface area contributed by atoms with Gasteiger partial charge in [0.15, 0.2) is 16.5 Å². The number of piperidine rings is 1. The highest BCUT2D eigenvalue weighted by Crippen LogP contribution is 2.47. The summed E-state index contributed by atoms with van der Waals surface area (Å²) in [6, 6.07) is 2.03. The lowest BCUT2D eigenvalue weighted by molar-refractivity contribution is -0.140. The van der Waals surface area contributed by atoms with Gasteiger partial charge in [-0.15, -0.1) is 22.7 Å². The Labute approximate surface area is 324 Å². The van der Waals surface area contributed by atoms with Crippen LogP contribution < -0.4 is 14.8 Å². The zero-order valence-electron chi connectivity index (χ0n) is 30.7. The lowest BCUT2D eigenvalue weighted by Gasteiger charge is -2.40. The first-order chi connectivity index (χ1) is 25.9. The number of alkyl halides is 3. The molecule has 0 bridgehead atoms. The van der Waals surface area contributed by atoms with Gasteiger partial charge in [0.2, 0.25) is 21.8 Å². The summed E-state index contributed by atoms with van der Waals surface area (Å²) in [7, 11) is -2.34. The Morgan fingerprint density at radius 3 is 2.55 bits per heavy atom. The maximum Gasteiger partial charge on any atom is 0.434 e. The van der Waals surface area contributed by atoms with Crippen molar-refractivity contribution in [3.63, 3.8) is 0 Å². The Balaban J connectivity index is 1.19. The molecule has 0 radical (unpaired) electrons. The van der Waals surface area contributed by atoms with E-state index < -0.39 is 62.1 Å². The second-order valence-electron chi connectivity index (χ2n) is 15.0. The third kappa shape index (κ3) is 7.96. The van der Waals surface area contributed by atoms with E-state index in [1.165, 1.54) is 16.2 Å². The zero-order valence-corrected chi connectivity index (χ0v) is 33.2. The largest absolute Gasteiger partial charge is 0.474 e. The van der Waals surface area contributed by atoms with Gasteiger partial charge in [-0.05, 0) is 65.4 Å². The van der Waals surface area contributed by atoms with Crippen molar-refractivity contribution in [1.82, 2.24) is 34.8 Å². The molecule has 13 nitrogen and oxygen atoms in total. The van der Waals surface area contributed by atoms with Crippen molar-refractivity contribution in [3.8, 4) is 28.0 Å². The molecule has 0 aromatic carbocycles. The minimum atomic E-state index is -4.65. The summed E-state index contributed by atoms with van der Waals surface area (Å²) in [4.78, 5) is 59.7. The number of sulfonamides is 1. The number of halogens is 3. The standard InChI is InChI=1S/C36H42F3N7O6S3/c1-20-15-24(21(2)54-20)25-17-28(42-29(40-25)31-41-27(19-53-31)36(37,38)39)52-23-10-14-46-26(16-23)30(47)43-35(32(48)44-55(50,51)34(3)11-12-34)18-22(35)9-7-5-6-8-13-45(4)33(46)49/h7,9,15,17,19,22-23,26H,5-6,8,10-14,16,18H2,1-4H3,(H,43,47)(H,44,48)/t22-,23+,26+,35-/m1/s1. The number of rotatable bonds is 7. The highest BCUT2D eigenvalue weighted by atomic mass is 32.2. The number of thiophene rings is 1. The number of nitrogens with zero attached hydrogens (tertiary/aromatic N) is 5. The summed E-state index contributed by atoms with van der Waals surface area (Å²) < 4.78 is 74.2. The molecule has 5 heterocycles. The second-order valence-corrected chi connectivity index (χ2v) is 19.5. The van der Waals surface area contributed by atoms with Crippen molar-refractivity contribution in [3.05, 3.63) is 45.1 Å². The molecule has 296 valence electrons. The number of hydrogen-bond donors (Lipinski definition) is 2. The third-order valence-corrected chi connectivity index (χ3v) is 14.8. The van der Waals surface area contributed by atoms with Crippen LogP contribution in [0.25, 0.3) is 22.1 Å². The van der Waals surface area contributed by atoms with E-state index in [1.807, 2.05) is 32.1 Å². The summed E-state index contributed by atoms with van der Waals surface area (Å²) >= 11 is 2.29. The van der Waals surface area contributed by atoms with Crippen molar-refractivity contribution in [2.24, 2.45) is 5.92 Å². The predicted octanol–water partition coefficient (Wildman–Crippen LogP) is 5.84. The highest BCUT2D eigenvalue weighted by molar-refractivity contribution is 7.91. The number of aryl methyl sites for hydroxylation is 2. The van der Waals surface area contributed by atoms with Crippen molar-refractivity contribution < 1.29 is 40.7 Å². The molecule has 2 saturated carbocycles. The average Bonchev–Trinajstić information content (AvgIpc) is 3.91. The van der Waals surface area contributed by atoms with Crippen LogP contribution >= 0.6 is 22.7 Å². The van der Waals surface area contributed by atoms with Gasteiger partial charge >= 0.3 is 12.2 Å². The van der Waals surface area contributed by atoms with Crippen molar-refractivity contribution >= 4 is 50.5 Å². The lowest BCUT2D eigenvalue weighted by Crippen LogP contribution is -2.61. The van der Waals surface area contributed by atoms with Crippen molar-refractivity contribution in [2.45, 2.75) is 101 Å². The molecule has 19 heteroatoms. The van der Waals surface area contributed by atoms with Crippen LogP contribution in [0.2, 0.25) is 0 Å². The Morgan fingerprint density at radius 2 is 1.87 bits per heavy atom. The number of thiazole rings is 1. The van der Waals surface area contributed by atoms with Gasteiger partial charge < -0.3 is 19.9 Å². The molecule has 1 saturated heterocycles. The van der Waals surface area contributed by atoms with Gasteiger partial charge in [-0.1, -0.05) is 12.2 Å². The number of fused-ring (bicyclic) bond motifs is 2. The Morgan fingerprint density at radius 1 is 1.11 bits per heavy atom. The molecule has 2 aliphatic carbocycles. The number of ether oxygens (including phenoxy) is 1. The number of allylic oxidation sites excluding steroid dienone is 1. The molecular weight excluding hydrogens is 780 g/mol. The smallest absolute Gasteiger partial charge is 0.434 e. The van der Waals surface area contributed by atoms with Crippen LogP contribution in [0.15, 0.2) is 29.7 Å². The molecule has 7 rings (SSSR count). The second kappa shape index (κ2) is 14.4. The van der Waals surface area contributed by atoms with Gasteiger partial charge in [-0.3, -0.25) is 14.3 Å². The molecular formula is C36H42F3N7O6S3. The molecule has 55 heavy (non-hydrogen) atoms. The summed E-state index contributed by atoms with van der Waals surface area (Å²) in [5, 5.41) is 3.71. The first-order valence-corrected chi connectivity index (χ1v) is 21.3. The summed E-state index contributed by atoms with van der Waals surface area (Å²) in [5.41, 5.74) is -1.41. The van der Waals surface area contributed by atoms with E-state index in [-0.39, 0.29) is 48.6 Å². The quantitative estimate of drug-likeness (QED) is 0.279. The van der Waals surface area contributed by atoms with Crippen LogP contribution in [0.1, 0.15) is 73.7 Å². The Bertz CT molecular complexity index is 2150. The SMILES string of the molecule is Cc1cc(-c2cc(O[C@H]3CCN4C(=O)N(C)CCCCC=C[C@@H]5C[C@@]5(C(=O)NS(=O)(=O)C5(C)CC5)NC(=O)[C@@H]4C3)nc(-c3nc(C(F)(F)F)cs3)n2)c(C)s1. The van der Waals surface area contributed by atoms with Gasteiger partial charge in [-0.25, -0.2) is 23.2 Å². The molecule has 2 N–H and O–H groups in total. The fraction of sp³-hybridized carbons (Fsp3) is 0.556. The van der Waals surface area contributed by atoms with Crippen LogP contribution in [-0.4, -0.2) is 93.6 Å². The number of carbonyl (C=O) groups excluding carboxylic acids is 3. The maximum atomic E-state index is 14.3. The van der Waals surface area contributed by atoms with E-state index in [0.29, 0.717) is 37.9 Å². The van der Waals surface area contributed by atoms with Gasteiger partial charge in [0.1, 0.15) is 17.7 Å². The number of carbonyl (C=O) groups is 3. The van der Waals surface area contributed by atoms with E-state index in [4.69, 9.17) is 4.74 Å². The molecule has 2 aliphatic heterocycles. The number of amides is 4. The van der Waals surface area contributed by atoms with E-state index in [2.05, 4.69) is 25.0 Å². The van der Waals surface area contributed by atoms with Crippen LogP contribution in [0.5, 0.6) is 5.88 Å². The average molecular weight is 822 g/mol. The number of nitrogens with one attached hydrogen (secondary N) is 2. The summed E-state index contributed by atoms with van der Waals surface area (Å²) in [5.74, 6) is -1.90. The molecule has 4 aliphatic rings. The van der Waals surface area contributed by atoms with Gasteiger partial charge in [0.05, 0.1) is 10.4 Å².